The maximum atomic E-state index is 13.3. The zero-order valence-corrected chi connectivity index (χ0v) is 22.1. The third-order valence-corrected chi connectivity index (χ3v) is 7.10. The minimum absolute atomic E-state index is 0.0852. The number of benzene rings is 3. The monoisotopic (exact) mass is 528 g/mol. The van der Waals surface area contributed by atoms with Gasteiger partial charge in [-0.3, -0.25) is 9.69 Å². The molecule has 1 amide bonds. The number of piperidine rings is 1. The van der Waals surface area contributed by atoms with Gasteiger partial charge in [-0.1, -0.05) is 53.5 Å². The molecule has 3 aromatic rings. The molecule has 4 rings (SSSR count). The van der Waals surface area contributed by atoms with Gasteiger partial charge < -0.3 is 10.1 Å². The molecule has 1 saturated heterocycles. The number of halogens is 3. The van der Waals surface area contributed by atoms with Crippen LogP contribution in [-0.2, 0) is 17.8 Å². The summed E-state index contributed by atoms with van der Waals surface area (Å²) in [5.74, 6) is 0.192. The van der Waals surface area contributed by atoms with Crippen LogP contribution in [0.2, 0.25) is 10.0 Å². The second-order valence-electron chi connectivity index (χ2n) is 9.82. The molecule has 3 aromatic carbocycles. The summed E-state index contributed by atoms with van der Waals surface area (Å²) < 4.78 is 19.4. The molecule has 0 radical (unpaired) electrons. The average Bonchev–Trinajstić information content (AvgIpc) is 2.84. The van der Waals surface area contributed by atoms with Crippen LogP contribution in [0.3, 0.4) is 0 Å². The molecular formula is C29H31Cl2FN2O2. The van der Waals surface area contributed by atoms with Gasteiger partial charge in [0.15, 0.2) is 5.60 Å². The molecule has 1 aliphatic heterocycles. The molecule has 7 heteroatoms. The molecule has 4 nitrogen and oxygen atoms in total. The largest absolute Gasteiger partial charge is 0.478 e. The molecule has 1 N–H and O–H groups in total. The van der Waals surface area contributed by atoms with Crippen molar-refractivity contribution in [3.63, 3.8) is 0 Å². The van der Waals surface area contributed by atoms with Gasteiger partial charge in [-0.15, -0.1) is 0 Å². The smallest absolute Gasteiger partial charge is 0.263 e. The molecule has 1 heterocycles. The standard InChI is InChI=1S/C29H31Cl2FN2O2/c1-29(2,36-26-11-5-21(6-12-26)17-20-3-8-23(30)9-4-20)28(35)33-25-13-15-34(16-14-25)19-22-7-10-24(32)18-27(22)31/h3-12,18,25H,13-17,19H2,1-2H3,(H,33,35). The normalized spacial score (nSPS) is 15.0. The SMILES string of the molecule is CC(C)(Oc1ccc(Cc2ccc(Cl)cc2)cc1)C(=O)NC1CCN(Cc2ccc(F)cc2Cl)CC1. The van der Waals surface area contributed by atoms with Gasteiger partial charge in [0.25, 0.3) is 5.91 Å². The molecule has 0 aromatic heterocycles. The van der Waals surface area contributed by atoms with Crippen molar-refractivity contribution in [1.29, 1.82) is 0 Å². The van der Waals surface area contributed by atoms with E-state index in [0.29, 0.717) is 17.3 Å². The molecule has 0 saturated carbocycles. The van der Waals surface area contributed by atoms with E-state index in [1.165, 1.54) is 17.7 Å². The van der Waals surface area contributed by atoms with E-state index >= 15 is 0 Å². The van der Waals surface area contributed by atoms with Crippen LogP contribution in [0, 0.1) is 5.82 Å². The lowest BCUT2D eigenvalue weighted by atomic mass is 10.0. The molecule has 0 spiro atoms. The quantitative estimate of drug-likeness (QED) is 0.355. The van der Waals surface area contributed by atoms with Crippen LogP contribution in [0.1, 0.15) is 43.4 Å². The highest BCUT2D eigenvalue weighted by Crippen LogP contribution is 2.24. The van der Waals surface area contributed by atoms with Gasteiger partial charge in [-0.05, 0) is 86.2 Å². The fourth-order valence-electron chi connectivity index (χ4n) is 4.34. The summed E-state index contributed by atoms with van der Waals surface area (Å²) in [5.41, 5.74) is 2.24. The summed E-state index contributed by atoms with van der Waals surface area (Å²) in [6, 6.07) is 20.2. The third-order valence-electron chi connectivity index (χ3n) is 6.50. The number of ether oxygens (including phenoxy) is 1. The fraction of sp³-hybridized carbons (Fsp3) is 0.345. The summed E-state index contributed by atoms with van der Waals surface area (Å²) >= 11 is 12.1. The first-order valence-electron chi connectivity index (χ1n) is 12.2. The molecule has 0 aliphatic carbocycles. The molecular weight excluding hydrogens is 498 g/mol. The van der Waals surface area contributed by atoms with Crippen molar-refractivity contribution in [3.8, 4) is 5.75 Å². The van der Waals surface area contributed by atoms with Crippen LogP contribution in [0.25, 0.3) is 0 Å². The molecule has 0 atom stereocenters. The Morgan fingerprint density at radius 1 is 1.00 bits per heavy atom. The number of carbonyl (C=O) groups excluding carboxylic acids is 1. The summed E-state index contributed by atoms with van der Waals surface area (Å²) in [6.07, 6.45) is 2.47. The van der Waals surface area contributed by atoms with Gasteiger partial charge >= 0.3 is 0 Å². The number of nitrogens with zero attached hydrogens (tertiary/aromatic N) is 1. The van der Waals surface area contributed by atoms with Gasteiger partial charge in [-0.25, -0.2) is 4.39 Å². The molecule has 0 unspecified atom stereocenters. The van der Waals surface area contributed by atoms with E-state index in [4.69, 9.17) is 27.9 Å². The first kappa shape index (κ1) is 26.5. The van der Waals surface area contributed by atoms with Crippen LogP contribution in [0.4, 0.5) is 4.39 Å². The number of hydrogen-bond donors (Lipinski definition) is 1. The Bertz CT molecular complexity index is 1170. The maximum absolute atomic E-state index is 13.3. The van der Waals surface area contributed by atoms with E-state index < -0.39 is 5.60 Å². The summed E-state index contributed by atoms with van der Waals surface area (Å²) in [6.45, 7) is 5.90. The van der Waals surface area contributed by atoms with E-state index in [1.807, 2.05) is 48.5 Å². The van der Waals surface area contributed by atoms with E-state index in [0.717, 1.165) is 48.5 Å². The number of carbonyl (C=O) groups is 1. The van der Waals surface area contributed by atoms with E-state index in [9.17, 15) is 9.18 Å². The van der Waals surface area contributed by atoms with Crippen molar-refractivity contribution in [1.82, 2.24) is 10.2 Å². The Morgan fingerprint density at radius 3 is 2.22 bits per heavy atom. The number of amides is 1. The van der Waals surface area contributed by atoms with Crippen LogP contribution >= 0.6 is 23.2 Å². The second kappa shape index (κ2) is 11.6. The number of likely N-dealkylation sites (tertiary alicyclic amines) is 1. The number of hydrogen-bond acceptors (Lipinski definition) is 3. The molecule has 0 bridgehead atoms. The fourth-order valence-corrected chi connectivity index (χ4v) is 4.69. The zero-order valence-electron chi connectivity index (χ0n) is 20.6. The highest BCUT2D eigenvalue weighted by molar-refractivity contribution is 6.31. The van der Waals surface area contributed by atoms with Crippen LogP contribution in [0.5, 0.6) is 5.75 Å². The second-order valence-corrected chi connectivity index (χ2v) is 10.7. The highest BCUT2D eigenvalue weighted by Gasteiger charge is 2.32. The predicted octanol–water partition coefficient (Wildman–Crippen LogP) is 6.66. The lowest BCUT2D eigenvalue weighted by molar-refractivity contribution is -0.135. The van der Waals surface area contributed by atoms with Crippen molar-refractivity contribution in [2.75, 3.05) is 13.1 Å². The Balaban J connectivity index is 1.25. The predicted molar refractivity (Wildman–Crippen MR) is 143 cm³/mol. The number of nitrogens with one attached hydrogen (secondary N) is 1. The third kappa shape index (κ3) is 7.22. The van der Waals surface area contributed by atoms with Gasteiger partial charge in [0.05, 0.1) is 0 Å². The van der Waals surface area contributed by atoms with E-state index in [1.54, 1.807) is 19.9 Å². The van der Waals surface area contributed by atoms with Gasteiger partial charge in [0.1, 0.15) is 11.6 Å². The Labute approximate surface area is 222 Å². The van der Waals surface area contributed by atoms with Gasteiger partial charge in [-0.2, -0.15) is 0 Å². The Kier molecular flexibility index (Phi) is 8.55. The van der Waals surface area contributed by atoms with Crippen LogP contribution < -0.4 is 10.1 Å². The highest BCUT2D eigenvalue weighted by atomic mass is 35.5. The van der Waals surface area contributed by atoms with Crippen LogP contribution in [0.15, 0.2) is 66.7 Å². The first-order chi connectivity index (χ1) is 17.2. The first-order valence-corrected chi connectivity index (χ1v) is 12.9. The Morgan fingerprint density at radius 2 is 1.61 bits per heavy atom. The summed E-state index contributed by atoms with van der Waals surface area (Å²) in [7, 11) is 0. The van der Waals surface area contributed by atoms with Crippen molar-refractivity contribution in [3.05, 3.63) is 99.3 Å². The summed E-state index contributed by atoms with van der Waals surface area (Å²) in [5, 5.41) is 4.33. The zero-order chi connectivity index (χ0) is 25.7. The lowest BCUT2D eigenvalue weighted by Crippen LogP contribution is -2.52. The average molecular weight is 529 g/mol. The minimum atomic E-state index is -1.00. The van der Waals surface area contributed by atoms with Crippen LogP contribution in [-0.4, -0.2) is 35.5 Å². The van der Waals surface area contributed by atoms with Crippen molar-refractivity contribution in [2.45, 2.75) is 51.3 Å². The minimum Gasteiger partial charge on any atom is -0.478 e. The topological polar surface area (TPSA) is 41.6 Å². The van der Waals surface area contributed by atoms with E-state index in [-0.39, 0.29) is 17.8 Å². The maximum Gasteiger partial charge on any atom is 0.263 e. The van der Waals surface area contributed by atoms with E-state index in [2.05, 4.69) is 10.2 Å². The van der Waals surface area contributed by atoms with Gasteiger partial charge in [0.2, 0.25) is 0 Å². The van der Waals surface area contributed by atoms with Gasteiger partial charge in [0, 0.05) is 35.7 Å². The molecule has 36 heavy (non-hydrogen) atoms. The van der Waals surface area contributed by atoms with Crippen molar-refractivity contribution >= 4 is 29.1 Å². The summed E-state index contributed by atoms with van der Waals surface area (Å²) in [4.78, 5) is 15.3. The van der Waals surface area contributed by atoms with Crippen molar-refractivity contribution < 1.29 is 13.9 Å². The van der Waals surface area contributed by atoms with Crippen molar-refractivity contribution in [2.24, 2.45) is 0 Å². The lowest BCUT2D eigenvalue weighted by Gasteiger charge is -2.34. The number of rotatable bonds is 8. The Hall–Kier alpha value is -2.60. The molecule has 1 aliphatic rings. The molecule has 190 valence electrons. The molecule has 1 fully saturated rings.